The van der Waals surface area contributed by atoms with Crippen LogP contribution in [0.3, 0.4) is 0 Å². The lowest BCUT2D eigenvalue weighted by molar-refractivity contribution is -0.121. The second-order valence-electron chi connectivity index (χ2n) is 7.64. The first-order chi connectivity index (χ1) is 16.8. The topological polar surface area (TPSA) is 90.3 Å². The van der Waals surface area contributed by atoms with Crippen molar-refractivity contribution in [3.63, 3.8) is 0 Å². The van der Waals surface area contributed by atoms with E-state index in [0.29, 0.717) is 23.3 Å². The highest BCUT2D eigenvalue weighted by atomic mass is 35.5. The lowest BCUT2D eigenvalue weighted by Gasteiger charge is -2.12. The predicted octanol–water partition coefficient (Wildman–Crippen LogP) is 5.49. The number of ether oxygens (including phenoxy) is 1. The van der Waals surface area contributed by atoms with Gasteiger partial charge in [0.25, 0.3) is 15.9 Å². The Balaban J connectivity index is 1.37. The first kappa shape index (κ1) is 23.6. The third kappa shape index (κ3) is 4.85. The second-order valence-corrected chi connectivity index (χ2v) is 11.6. The summed E-state index contributed by atoms with van der Waals surface area (Å²) in [7, 11) is -4.11. The summed E-state index contributed by atoms with van der Waals surface area (Å²) in [5.74, 6) is -0.419. The van der Waals surface area contributed by atoms with Gasteiger partial charge in [0.15, 0.2) is 6.61 Å². The number of hydrogen-bond donors (Lipinski definition) is 1. The molecule has 0 fully saturated rings. The minimum Gasteiger partial charge on any atom is -0.481 e. The molecule has 0 radical (unpaired) electrons. The summed E-state index contributed by atoms with van der Waals surface area (Å²) in [5.41, 5.74) is 2.50. The number of imidazole rings is 1. The van der Waals surface area contributed by atoms with E-state index in [1.54, 1.807) is 18.5 Å². The highest BCUT2D eigenvalue weighted by Crippen LogP contribution is 2.34. The molecule has 2 aromatic heterocycles. The molecular formula is C24H17Cl2N3O4S2. The van der Waals surface area contributed by atoms with Crippen molar-refractivity contribution in [1.82, 2.24) is 14.3 Å². The molecule has 0 aliphatic heterocycles. The van der Waals surface area contributed by atoms with Gasteiger partial charge < -0.3 is 9.30 Å². The fourth-order valence-corrected chi connectivity index (χ4v) is 6.63. The van der Waals surface area contributed by atoms with Gasteiger partial charge in [0, 0.05) is 6.54 Å². The number of para-hydroxylation sites is 1. The average molecular weight is 546 g/mol. The zero-order valence-electron chi connectivity index (χ0n) is 17.9. The number of hydrogen-bond acceptors (Lipinski definition) is 6. The van der Waals surface area contributed by atoms with Gasteiger partial charge in [-0.05, 0) is 34.5 Å². The molecule has 0 aliphatic rings. The average Bonchev–Trinajstić information content (AvgIpc) is 3.41. The SMILES string of the molecule is O=C(COc1cccc2ncn(Cc3cccc4ccccc34)c12)NS(=O)(=O)c1cc(Cl)c(Cl)s1. The van der Waals surface area contributed by atoms with E-state index in [4.69, 9.17) is 27.9 Å². The smallest absolute Gasteiger partial charge is 0.273 e. The van der Waals surface area contributed by atoms with Gasteiger partial charge in [0.2, 0.25) is 0 Å². The number of aromatic nitrogens is 2. The maximum Gasteiger partial charge on any atom is 0.273 e. The summed E-state index contributed by atoms with van der Waals surface area (Å²) in [6, 6.07) is 20.8. The molecule has 178 valence electrons. The van der Waals surface area contributed by atoms with Gasteiger partial charge in [-0.3, -0.25) is 4.79 Å². The zero-order chi connectivity index (χ0) is 24.6. The van der Waals surface area contributed by atoms with Gasteiger partial charge in [-0.25, -0.2) is 18.1 Å². The van der Waals surface area contributed by atoms with Crippen molar-refractivity contribution < 1.29 is 17.9 Å². The highest BCUT2D eigenvalue weighted by molar-refractivity contribution is 7.92. The van der Waals surface area contributed by atoms with E-state index in [0.717, 1.165) is 27.7 Å². The van der Waals surface area contributed by atoms with Gasteiger partial charge in [-0.2, -0.15) is 0 Å². The van der Waals surface area contributed by atoms with Crippen LogP contribution in [0.25, 0.3) is 21.8 Å². The summed E-state index contributed by atoms with van der Waals surface area (Å²) in [6.07, 6.45) is 1.72. The van der Waals surface area contributed by atoms with Crippen LogP contribution in [0.2, 0.25) is 9.36 Å². The molecule has 0 bridgehead atoms. The van der Waals surface area contributed by atoms with Crippen LogP contribution in [-0.2, 0) is 21.4 Å². The molecule has 3 aromatic carbocycles. The Bertz CT molecular complexity index is 1650. The number of thiophene rings is 1. The van der Waals surface area contributed by atoms with Crippen molar-refractivity contribution in [3.8, 4) is 5.75 Å². The first-order valence-electron chi connectivity index (χ1n) is 10.4. The number of sulfonamides is 1. The summed E-state index contributed by atoms with van der Waals surface area (Å²) in [4.78, 5) is 16.8. The Labute approximate surface area is 214 Å². The van der Waals surface area contributed by atoms with Crippen molar-refractivity contribution in [1.29, 1.82) is 0 Å². The molecule has 7 nitrogen and oxygen atoms in total. The number of fused-ring (bicyclic) bond motifs is 2. The number of halogens is 2. The number of benzene rings is 3. The fourth-order valence-electron chi connectivity index (χ4n) is 3.78. The molecule has 0 atom stereocenters. The Morgan fingerprint density at radius 2 is 1.83 bits per heavy atom. The summed E-state index contributed by atoms with van der Waals surface area (Å²) in [5, 5.41) is 2.37. The molecule has 1 amide bonds. The molecule has 0 saturated heterocycles. The number of amides is 1. The molecule has 5 aromatic rings. The molecule has 1 N–H and O–H groups in total. The summed E-state index contributed by atoms with van der Waals surface area (Å²) in [6.45, 7) is 0.0311. The molecule has 2 heterocycles. The van der Waals surface area contributed by atoms with E-state index >= 15 is 0 Å². The Hall–Kier alpha value is -3.11. The van der Waals surface area contributed by atoms with Gasteiger partial charge in [0.1, 0.15) is 19.8 Å². The summed E-state index contributed by atoms with van der Waals surface area (Å²) < 4.78 is 34.5. The summed E-state index contributed by atoms with van der Waals surface area (Å²) >= 11 is 12.4. The van der Waals surface area contributed by atoms with E-state index in [-0.39, 0.29) is 13.6 Å². The first-order valence-corrected chi connectivity index (χ1v) is 13.4. The van der Waals surface area contributed by atoms with Crippen LogP contribution in [0.1, 0.15) is 5.56 Å². The monoisotopic (exact) mass is 545 g/mol. The third-order valence-electron chi connectivity index (χ3n) is 5.32. The Morgan fingerprint density at radius 3 is 2.63 bits per heavy atom. The number of nitrogens with one attached hydrogen (secondary N) is 1. The van der Waals surface area contributed by atoms with Crippen molar-refractivity contribution in [2.45, 2.75) is 10.8 Å². The van der Waals surface area contributed by atoms with Crippen LogP contribution in [-0.4, -0.2) is 30.5 Å². The maximum absolute atomic E-state index is 12.4. The number of carbonyl (C=O) groups is 1. The lowest BCUT2D eigenvalue weighted by Crippen LogP contribution is -2.34. The Morgan fingerprint density at radius 1 is 1.06 bits per heavy atom. The van der Waals surface area contributed by atoms with Crippen LogP contribution in [0, 0.1) is 0 Å². The minimum absolute atomic E-state index is 0.104. The molecule has 0 aliphatic carbocycles. The molecular weight excluding hydrogens is 529 g/mol. The second kappa shape index (κ2) is 9.50. The van der Waals surface area contributed by atoms with E-state index in [2.05, 4.69) is 29.2 Å². The minimum atomic E-state index is -4.11. The van der Waals surface area contributed by atoms with Crippen molar-refractivity contribution >= 4 is 72.3 Å². The highest BCUT2D eigenvalue weighted by Gasteiger charge is 2.22. The van der Waals surface area contributed by atoms with Crippen molar-refractivity contribution in [3.05, 3.63) is 88.0 Å². The van der Waals surface area contributed by atoms with Crippen molar-refractivity contribution in [2.75, 3.05) is 6.61 Å². The van der Waals surface area contributed by atoms with Crippen LogP contribution < -0.4 is 9.46 Å². The zero-order valence-corrected chi connectivity index (χ0v) is 21.1. The predicted molar refractivity (Wildman–Crippen MR) is 138 cm³/mol. The van der Waals surface area contributed by atoms with Gasteiger partial charge >= 0.3 is 0 Å². The molecule has 0 saturated carbocycles. The van der Waals surface area contributed by atoms with Gasteiger partial charge in [-0.1, -0.05) is 71.7 Å². The van der Waals surface area contributed by atoms with Crippen LogP contribution in [0.4, 0.5) is 0 Å². The number of carbonyl (C=O) groups excluding carboxylic acids is 1. The standard InChI is InChI=1S/C24H17Cl2N3O4S2/c25-18-11-22(34-24(18)26)35(31,32)28-21(30)13-33-20-10-4-9-19-23(20)29(14-27-19)12-16-7-3-6-15-5-1-2-8-17(15)16/h1-11,14H,12-13H2,(H,28,30). The molecule has 11 heteroatoms. The van der Waals surface area contributed by atoms with Crippen LogP contribution in [0.15, 0.2) is 77.3 Å². The fraction of sp³-hybridized carbons (Fsp3) is 0.0833. The maximum atomic E-state index is 12.4. The normalized spacial score (nSPS) is 11.7. The van der Waals surface area contributed by atoms with Crippen LogP contribution >= 0.6 is 34.5 Å². The molecule has 0 unspecified atom stereocenters. The van der Waals surface area contributed by atoms with Gasteiger partial charge in [0.05, 0.1) is 16.9 Å². The van der Waals surface area contributed by atoms with Crippen LogP contribution in [0.5, 0.6) is 5.75 Å². The Kier molecular flexibility index (Phi) is 6.41. The van der Waals surface area contributed by atoms with E-state index in [9.17, 15) is 13.2 Å². The van der Waals surface area contributed by atoms with E-state index in [1.807, 2.05) is 33.6 Å². The third-order valence-corrected chi connectivity index (χ3v) is 9.03. The van der Waals surface area contributed by atoms with Gasteiger partial charge in [-0.15, -0.1) is 11.3 Å². The molecule has 5 rings (SSSR count). The largest absolute Gasteiger partial charge is 0.481 e. The number of rotatable bonds is 7. The van der Waals surface area contributed by atoms with E-state index < -0.39 is 22.5 Å². The van der Waals surface area contributed by atoms with E-state index in [1.165, 1.54) is 6.07 Å². The molecule has 0 spiro atoms. The lowest BCUT2D eigenvalue weighted by atomic mass is 10.0. The number of nitrogens with zero attached hydrogens (tertiary/aromatic N) is 2. The quantitative estimate of drug-likeness (QED) is 0.292. The van der Waals surface area contributed by atoms with Crippen molar-refractivity contribution in [2.24, 2.45) is 0 Å². The molecule has 35 heavy (non-hydrogen) atoms.